The molecule has 1 aliphatic heterocycles. The number of ether oxygens (including phenoxy) is 1. The van der Waals surface area contributed by atoms with Gasteiger partial charge in [0.05, 0.1) is 0 Å². The number of hydrogen-bond acceptors (Lipinski definition) is 2. The first-order valence-electron chi connectivity index (χ1n) is 5.67. The van der Waals surface area contributed by atoms with Crippen molar-refractivity contribution >= 4 is 0 Å². The van der Waals surface area contributed by atoms with Gasteiger partial charge < -0.3 is 10.1 Å². The quantitative estimate of drug-likeness (QED) is 0.826. The van der Waals surface area contributed by atoms with Crippen LogP contribution in [0.2, 0.25) is 0 Å². The SMILES string of the molecule is Fc1cc(C23CNCC2C3)ccc1OC(F)(F)F. The molecule has 1 saturated heterocycles. The second-order valence-corrected chi connectivity index (χ2v) is 4.88. The van der Waals surface area contributed by atoms with Gasteiger partial charge in [-0.15, -0.1) is 13.2 Å². The van der Waals surface area contributed by atoms with Gasteiger partial charge in [0.1, 0.15) is 0 Å². The van der Waals surface area contributed by atoms with E-state index in [4.69, 9.17) is 0 Å². The maximum Gasteiger partial charge on any atom is 0.573 e. The summed E-state index contributed by atoms with van der Waals surface area (Å²) in [7, 11) is 0. The maximum absolute atomic E-state index is 13.6. The lowest BCUT2D eigenvalue weighted by molar-refractivity contribution is -0.275. The van der Waals surface area contributed by atoms with Crippen LogP contribution in [0.5, 0.6) is 5.75 Å². The van der Waals surface area contributed by atoms with Crippen LogP contribution in [-0.2, 0) is 5.41 Å². The second kappa shape index (κ2) is 3.60. The Morgan fingerprint density at radius 2 is 2.11 bits per heavy atom. The number of halogens is 4. The van der Waals surface area contributed by atoms with Gasteiger partial charge >= 0.3 is 6.36 Å². The highest BCUT2D eigenvalue weighted by Crippen LogP contribution is 2.56. The molecule has 1 heterocycles. The Bertz CT molecular complexity index is 487. The molecule has 2 unspecified atom stereocenters. The van der Waals surface area contributed by atoms with Crippen molar-refractivity contribution in [1.82, 2.24) is 5.32 Å². The van der Waals surface area contributed by atoms with E-state index >= 15 is 0 Å². The molecule has 3 rings (SSSR count). The molecule has 1 aromatic carbocycles. The van der Waals surface area contributed by atoms with Gasteiger partial charge in [0.15, 0.2) is 11.6 Å². The van der Waals surface area contributed by atoms with E-state index in [2.05, 4.69) is 10.1 Å². The predicted octanol–water partition coefficient (Wildman–Crippen LogP) is 2.59. The summed E-state index contributed by atoms with van der Waals surface area (Å²) in [5.41, 5.74) is 0.682. The maximum atomic E-state index is 13.6. The Balaban J connectivity index is 1.86. The van der Waals surface area contributed by atoms with Crippen molar-refractivity contribution < 1.29 is 22.3 Å². The first kappa shape index (κ1) is 11.8. The molecule has 2 nitrogen and oxygen atoms in total. The highest BCUT2D eigenvalue weighted by molar-refractivity contribution is 5.40. The van der Waals surface area contributed by atoms with Crippen molar-refractivity contribution in [2.45, 2.75) is 18.2 Å². The summed E-state index contributed by atoms with van der Waals surface area (Å²) in [6.45, 7) is 1.65. The van der Waals surface area contributed by atoms with Gasteiger partial charge in [0.2, 0.25) is 0 Å². The number of benzene rings is 1. The molecule has 0 aromatic heterocycles. The normalized spacial score (nSPS) is 30.1. The fourth-order valence-electron chi connectivity index (χ4n) is 2.81. The van der Waals surface area contributed by atoms with Crippen molar-refractivity contribution in [2.24, 2.45) is 5.92 Å². The van der Waals surface area contributed by atoms with Crippen LogP contribution in [0.25, 0.3) is 0 Å². The number of piperidine rings is 1. The minimum absolute atomic E-state index is 0.0718. The summed E-state index contributed by atoms with van der Waals surface area (Å²) in [6, 6.07) is 3.74. The van der Waals surface area contributed by atoms with Gasteiger partial charge in [-0.1, -0.05) is 6.07 Å². The molecule has 2 aliphatic rings. The van der Waals surface area contributed by atoms with E-state index < -0.39 is 17.9 Å². The molecular formula is C12H11F4NO. The van der Waals surface area contributed by atoms with Crippen LogP contribution in [0.1, 0.15) is 12.0 Å². The average Bonchev–Trinajstić information content (AvgIpc) is 2.83. The van der Waals surface area contributed by atoms with Gasteiger partial charge in [0, 0.05) is 12.0 Å². The molecule has 18 heavy (non-hydrogen) atoms. The largest absolute Gasteiger partial charge is 0.573 e. The standard InChI is InChI=1S/C12H11F4NO/c13-9-3-7(11-4-8(11)5-17-6-11)1-2-10(9)18-12(14,15)16/h1-3,8,17H,4-6H2. The average molecular weight is 261 g/mol. The third-order valence-corrected chi connectivity index (χ3v) is 3.80. The smallest absolute Gasteiger partial charge is 0.403 e. The summed E-state index contributed by atoms with van der Waals surface area (Å²) < 4.78 is 53.2. The molecule has 0 spiro atoms. The minimum Gasteiger partial charge on any atom is -0.403 e. The highest BCUT2D eigenvalue weighted by atomic mass is 19.4. The molecule has 0 bridgehead atoms. The first-order chi connectivity index (χ1) is 8.41. The van der Waals surface area contributed by atoms with Gasteiger partial charge in [-0.2, -0.15) is 0 Å². The van der Waals surface area contributed by atoms with E-state index in [0.29, 0.717) is 5.92 Å². The van der Waals surface area contributed by atoms with Crippen molar-refractivity contribution in [3.05, 3.63) is 29.6 Å². The van der Waals surface area contributed by atoms with Crippen molar-refractivity contribution in [1.29, 1.82) is 0 Å². The topological polar surface area (TPSA) is 21.3 Å². The Hall–Kier alpha value is -1.30. The third kappa shape index (κ3) is 1.84. The van der Waals surface area contributed by atoms with Crippen molar-refractivity contribution in [3.8, 4) is 5.75 Å². The van der Waals surface area contributed by atoms with Crippen LogP contribution in [0.3, 0.4) is 0 Å². The zero-order valence-electron chi connectivity index (χ0n) is 9.35. The zero-order chi connectivity index (χ0) is 13.0. The van der Waals surface area contributed by atoms with E-state index in [1.54, 1.807) is 0 Å². The Labute approximate surface area is 101 Å². The first-order valence-corrected chi connectivity index (χ1v) is 5.67. The summed E-state index contributed by atoms with van der Waals surface area (Å²) in [4.78, 5) is 0. The van der Waals surface area contributed by atoms with Crippen LogP contribution < -0.4 is 10.1 Å². The number of alkyl halides is 3. The molecule has 0 amide bonds. The van der Waals surface area contributed by atoms with Crippen LogP contribution in [-0.4, -0.2) is 19.5 Å². The van der Waals surface area contributed by atoms with E-state index in [0.717, 1.165) is 37.2 Å². The Kier molecular flexibility index (Phi) is 2.35. The molecule has 1 saturated carbocycles. The highest BCUT2D eigenvalue weighted by Gasteiger charge is 2.58. The van der Waals surface area contributed by atoms with Crippen molar-refractivity contribution in [2.75, 3.05) is 13.1 Å². The summed E-state index contributed by atoms with van der Waals surface area (Å²) in [5, 5.41) is 3.20. The molecule has 2 fully saturated rings. The lowest BCUT2D eigenvalue weighted by atomic mass is 9.95. The van der Waals surface area contributed by atoms with Crippen LogP contribution >= 0.6 is 0 Å². The summed E-state index contributed by atoms with van der Waals surface area (Å²) in [5.74, 6) is -1.26. The molecule has 1 N–H and O–H groups in total. The summed E-state index contributed by atoms with van der Waals surface area (Å²) >= 11 is 0. The lowest BCUT2D eigenvalue weighted by Gasteiger charge is -2.15. The minimum atomic E-state index is -4.86. The Morgan fingerprint density at radius 1 is 1.33 bits per heavy atom. The molecule has 1 aliphatic carbocycles. The number of hydrogen-bond donors (Lipinski definition) is 1. The molecule has 6 heteroatoms. The fraction of sp³-hybridized carbons (Fsp3) is 0.500. The molecule has 1 aromatic rings. The third-order valence-electron chi connectivity index (χ3n) is 3.80. The predicted molar refractivity (Wildman–Crippen MR) is 55.7 cm³/mol. The number of fused-ring (bicyclic) bond motifs is 1. The molecular weight excluding hydrogens is 250 g/mol. The van der Waals surface area contributed by atoms with Gasteiger partial charge in [-0.05, 0) is 36.6 Å². The lowest BCUT2D eigenvalue weighted by Crippen LogP contribution is -2.20. The Morgan fingerprint density at radius 3 is 2.61 bits per heavy atom. The summed E-state index contributed by atoms with van der Waals surface area (Å²) in [6.07, 6.45) is -3.89. The van der Waals surface area contributed by atoms with Crippen LogP contribution in [0.4, 0.5) is 17.6 Å². The zero-order valence-corrected chi connectivity index (χ0v) is 9.35. The monoisotopic (exact) mass is 261 g/mol. The van der Waals surface area contributed by atoms with Gasteiger partial charge in [-0.3, -0.25) is 0 Å². The van der Waals surface area contributed by atoms with Gasteiger partial charge in [-0.25, -0.2) is 4.39 Å². The van der Waals surface area contributed by atoms with E-state index in [9.17, 15) is 17.6 Å². The molecule has 2 atom stereocenters. The van der Waals surface area contributed by atoms with E-state index in [-0.39, 0.29) is 5.41 Å². The van der Waals surface area contributed by atoms with E-state index in [1.165, 1.54) is 6.07 Å². The number of rotatable bonds is 2. The van der Waals surface area contributed by atoms with Crippen molar-refractivity contribution in [3.63, 3.8) is 0 Å². The second-order valence-electron chi connectivity index (χ2n) is 4.88. The van der Waals surface area contributed by atoms with Crippen LogP contribution in [0, 0.1) is 11.7 Å². The van der Waals surface area contributed by atoms with E-state index in [1.807, 2.05) is 0 Å². The van der Waals surface area contributed by atoms with Crippen LogP contribution in [0.15, 0.2) is 18.2 Å². The fourth-order valence-corrected chi connectivity index (χ4v) is 2.81. The number of nitrogens with one attached hydrogen (secondary N) is 1. The molecule has 0 radical (unpaired) electrons. The molecule has 98 valence electrons. The van der Waals surface area contributed by atoms with Gasteiger partial charge in [0.25, 0.3) is 0 Å².